The standard InChI is InChI=1S/C24H16F3N3O/c25-24(26,27)19-9-7-16(21(13-19)18-5-3-11-28-14-18)8-10-23(31)30-20-12-17-4-1-2-6-22(17)29-15-20/h1-15H,(H,30,31). The predicted octanol–water partition coefficient (Wildman–Crippen LogP) is 5.97. The zero-order valence-electron chi connectivity index (χ0n) is 16.1. The highest BCUT2D eigenvalue weighted by Gasteiger charge is 2.31. The Bertz CT molecular complexity index is 1270. The summed E-state index contributed by atoms with van der Waals surface area (Å²) in [4.78, 5) is 20.6. The molecule has 2 heterocycles. The van der Waals surface area contributed by atoms with Crippen LogP contribution in [0, 0.1) is 0 Å². The number of benzene rings is 2. The molecule has 0 radical (unpaired) electrons. The maximum absolute atomic E-state index is 13.2. The molecule has 7 heteroatoms. The molecule has 0 aliphatic carbocycles. The largest absolute Gasteiger partial charge is 0.416 e. The van der Waals surface area contributed by atoms with Crippen LogP contribution in [0.5, 0.6) is 0 Å². The molecule has 0 atom stereocenters. The second kappa shape index (κ2) is 8.39. The minimum absolute atomic E-state index is 0.333. The van der Waals surface area contributed by atoms with Crippen molar-refractivity contribution in [2.24, 2.45) is 0 Å². The van der Waals surface area contributed by atoms with E-state index in [-0.39, 0.29) is 0 Å². The Labute approximate surface area is 176 Å². The highest BCUT2D eigenvalue weighted by Crippen LogP contribution is 2.34. The topological polar surface area (TPSA) is 54.9 Å². The molecular weight excluding hydrogens is 403 g/mol. The molecule has 0 aliphatic rings. The summed E-state index contributed by atoms with van der Waals surface area (Å²) >= 11 is 0. The van der Waals surface area contributed by atoms with E-state index in [1.807, 2.05) is 24.3 Å². The number of nitrogens with one attached hydrogen (secondary N) is 1. The smallest absolute Gasteiger partial charge is 0.321 e. The number of carbonyl (C=O) groups is 1. The molecular formula is C24H16F3N3O. The second-order valence-corrected chi connectivity index (χ2v) is 6.78. The van der Waals surface area contributed by atoms with Gasteiger partial charge in [0.1, 0.15) is 0 Å². The van der Waals surface area contributed by atoms with Gasteiger partial charge in [-0.2, -0.15) is 13.2 Å². The maximum Gasteiger partial charge on any atom is 0.416 e. The van der Waals surface area contributed by atoms with E-state index in [0.717, 1.165) is 23.0 Å². The van der Waals surface area contributed by atoms with Gasteiger partial charge in [-0.15, -0.1) is 0 Å². The number of alkyl halides is 3. The van der Waals surface area contributed by atoms with Crippen molar-refractivity contribution in [3.8, 4) is 11.1 Å². The number of hydrogen-bond acceptors (Lipinski definition) is 3. The van der Waals surface area contributed by atoms with Crippen LogP contribution in [0.15, 0.2) is 85.3 Å². The van der Waals surface area contributed by atoms with Crippen molar-refractivity contribution in [3.63, 3.8) is 0 Å². The van der Waals surface area contributed by atoms with Crippen LogP contribution < -0.4 is 5.32 Å². The van der Waals surface area contributed by atoms with E-state index >= 15 is 0 Å². The van der Waals surface area contributed by atoms with Crippen molar-refractivity contribution in [1.29, 1.82) is 0 Å². The van der Waals surface area contributed by atoms with Gasteiger partial charge < -0.3 is 5.32 Å². The van der Waals surface area contributed by atoms with Crippen LogP contribution in [0.3, 0.4) is 0 Å². The van der Waals surface area contributed by atoms with E-state index in [2.05, 4.69) is 15.3 Å². The van der Waals surface area contributed by atoms with Crippen LogP contribution in [0.2, 0.25) is 0 Å². The van der Waals surface area contributed by atoms with Crippen molar-refractivity contribution in [1.82, 2.24) is 9.97 Å². The zero-order valence-corrected chi connectivity index (χ0v) is 16.1. The van der Waals surface area contributed by atoms with Crippen molar-refractivity contribution in [3.05, 3.63) is 96.5 Å². The first-order valence-corrected chi connectivity index (χ1v) is 9.36. The van der Waals surface area contributed by atoms with E-state index in [0.29, 0.717) is 22.4 Å². The number of para-hydroxylation sites is 1. The van der Waals surface area contributed by atoms with Gasteiger partial charge in [0.05, 0.1) is 23.0 Å². The third-order valence-corrected chi connectivity index (χ3v) is 4.63. The molecule has 2 aromatic heterocycles. The Morgan fingerprint density at radius 3 is 2.58 bits per heavy atom. The fourth-order valence-corrected chi connectivity index (χ4v) is 3.14. The zero-order chi connectivity index (χ0) is 21.8. The summed E-state index contributed by atoms with van der Waals surface area (Å²) in [6.45, 7) is 0. The fourth-order valence-electron chi connectivity index (χ4n) is 3.14. The number of pyridine rings is 2. The van der Waals surface area contributed by atoms with Crippen molar-refractivity contribution in [2.75, 3.05) is 5.32 Å². The number of nitrogens with zero attached hydrogens (tertiary/aromatic N) is 2. The molecule has 0 bridgehead atoms. The van der Waals surface area contributed by atoms with Gasteiger partial charge in [0.2, 0.25) is 5.91 Å². The van der Waals surface area contributed by atoms with Gasteiger partial charge in [-0.1, -0.05) is 30.3 Å². The number of rotatable bonds is 4. The molecule has 0 aliphatic heterocycles. The molecule has 0 saturated carbocycles. The molecule has 1 N–H and O–H groups in total. The Hall–Kier alpha value is -4.00. The minimum atomic E-state index is -4.47. The summed E-state index contributed by atoms with van der Waals surface area (Å²) in [5.74, 6) is -0.422. The van der Waals surface area contributed by atoms with E-state index in [4.69, 9.17) is 0 Å². The molecule has 0 unspecified atom stereocenters. The highest BCUT2D eigenvalue weighted by atomic mass is 19.4. The molecule has 31 heavy (non-hydrogen) atoms. The average molecular weight is 419 g/mol. The van der Waals surface area contributed by atoms with Gasteiger partial charge in [-0.25, -0.2) is 0 Å². The first-order valence-electron chi connectivity index (χ1n) is 9.36. The lowest BCUT2D eigenvalue weighted by Gasteiger charge is -2.12. The summed E-state index contributed by atoms with van der Waals surface area (Å²) in [5, 5.41) is 3.60. The molecule has 2 aromatic carbocycles. The van der Waals surface area contributed by atoms with Gasteiger partial charge in [0.15, 0.2) is 0 Å². The second-order valence-electron chi connectivity index (χ2n) is 6.78. The molecule has 4 aromatic rings. The molecule has 0 fully saturated rings. The van der Waals surface area contributed by atoms with E-state index in [1.54, 1.807) is 24.4 Å². The van der Waals surface area contributed by atoms with Crippen molar-refractivity contribution in [2.45, 2.75) is 6.18 Å². The molecule has 0 spiro atoms. The Balaban J connectivity index is 1.60. The van der Waals surface area contributed by atoms with Gasteiger partial charge in [-0.3, -0.25) is 14.8 Å². The molecule has 4 rings (SSSR count). The van der Waals surface area contributed by atoms with Gasteiger partial charge in [0.25, 0.3) is 0 Å². The highest BCUT2D eigenvalue weighted by molar-refractivity contribution is 6.03. The lowest BCUT2D eigenvalue weighted by Crippen LogP contribution is -2.08. The van der Waals surface area contributed by atoms with Crippen LogP contribution >= 0.6 is 0 Å². The summed E-state index contributed by atoms with van der Waals surface area (Å²) in [6.07, 6.45) is 2.85. The summed E-state index contributed by atoms with van der Waals surface area (Å²) in [6, 6.07) is 16.0. The van der Waals surface area contributed by atoms with Gasteiger partial charge in [-0.05, 0) is 47.5 Å². The number of aromatic nitrogens is 2. The normalized spacial score (nSPS) is 11.7. The van der Waals surface area contributed by atoms with Gasteiger partial charge >= 0.3 is 6.18 Å². The van der Waals surface area contributed by atoms with Crippen LogP contribution in [-0.2, 0) is 11.0 Å². The maximum atomic E-state index is 13.2. The third-order valence-electron chi connectivity index (χ3n) is 4.63. The van der Waals surface area contributed by atoms with Crippen LogP contribution in [0.4, 0.5) is 18.9 Å². The van der Waals surface area contributed by atoms with E-state index < -0.39 is 17.6 Å². The van der Waals surface area contributed by atoms with E-state index in [1.165, 1.54) is 30.6 Å². The number of carbonyl (C=O) groups excluding carboxylic acids is 1. The van der Waals surface area contributed by atoms with Crippen LogP contribution in [0.25, 0.3) is 28.1 Å². The Morgan fingerprint density at radius 1 is 0.968 bits per heavy atom. The lowest BCUT2D eigenvalue weighted by molar-refractivity contribution is -0.137. The van der Waals surface area contributed by atoms with Crippen LogP contribution in [-0.4, -0.2) is 15.9 Å². The van der Waals surface area contributed by atoms with Crippen molar-refractivity contribution < 1.29 is 18.0 Å². The monoisotopic (exact) mass is 419 g/mol. The fraction of sp³-hybridized carbons (Fsp3) is 0.0417. The molecule has 1 amide bonds. The molecule has 0 saturated heterocycles. The molecule has 154 valence electrons. The number of hydrogen-bond donors (Lipinski definition) is 1. The van der Waals surface area contributed by atoms with Crippen LogP contribution in [0.1, 0.15) is 11.1 Å². The average Bonchev–Trinajstić information content (AvgIpc) is 2.77. The summed E-state index contributed by atoms with van der Waals surface area (Å²) in [7, 11) is 0. The Morgan fingerprint density at radius 2 is 1.81 bits per heavy atom. The number of halogens is 3. The SMILES string of the molecule is O=C(C=Cc1ccc(C(F)(F)F)cc1-c1cccnc1)Nc1cnc2ccccc2c1. The van der Waals surface area contributed by atoms with Crippen molar-refractivity contribution >= 4 is 28.6 Å². The molecule has 4 nitrogen and oxygen atoms in total. The summed E-state index contributed by atoms with van der Waals surface area (Å²) < 4.78 is 39.5. The van der Waals surface area contributed by atoms with Gasteiger partial charge in [0, 0.05) is 29.4 Å². The number of anilines is 1. The predicted molar refractivity (Wildman–Crippen MR) is 114 cm³/mol. The Kier molecular flexibility index (Phi) is 5.49. The third kappa shape index (κ3) is 4.78. The number of fused-ring (bicyclic) bond motifs is 1. The van der Waals surface area contributed by atoms with E-state index in [9.17, 15) is 18.0 Å². The first kappa shape index (κ1) is 20.3. The summed E-state index contributed by atoms with van der Waals surface area (Å²) in [5.41, 5.74) is 1.88. The quantitative estimate of drug-likeness (QED) is 0.415. The minimum Gasteiger partial charge on any atom is -0.321 e. The first-order chi connectivity index (χ1) is 14.9. The lowest BCUT2D eigenvalue weighted by atomic mass is 9.97. The number of amides is 1.